The highest BCUT2D eigenvalue weighted by Crippen LogP contribution is 2.30. The van der Waals surface area contributed by atoms with E-state index >= 15 is 0 Å². The predicted octanol–water partition coefficient (Wildman–Crippen LogP) is 2.54. The van der Waals surface area contributed by atoms with Crippen LogP contribution in [0, 0.1) is 0 Å². The maximum atomic E-state index is 11.9. The number of hydrogen-bond donors (Lipinski definition) is 3. The number of pyridine rings is 1. The molecule has 0 radical (unpaired) electrons. The van der Waals surface area contributed by atoms with Crippen LogP contribution in [0.1, 0.15) is 20.7 Å². The molecule has 25 heavy (non-hydrogen) atoms. The Bertz CT molecular complexity index is 847. The SMILES string of the molecule is O=C(NCc1ccc(C(O)c2cccs2)s1)C(=O)Nc1cccnc1. The summed E-state index contributed by atoms with van der Waals surface area (Å²) >= 11 is 2.88. The molecule has 0 fully saturated rings. The summed E-state index contributed by atoms with van der Waals surface area (Å²) in [7, 11) is 0. The molecular weight excluding hydrogens is 358 g/mol. The van der Waals surface area contributed by atoms with Crippen LogP contribution in [0.25, 0.3) is 0 Å². The molecular formula is C17H15N3O3S2. The lowest BCUT2D eigenvalue weighted by molar-refractivity contribution is -0.136. The fraction of sp³-hybridized carbons (Fsp3) is 0.118. The predicted molar refractivity (Wildman–Crippen MR) is 97.4 cm³/mol. The molecule has 0 aliphatic heterocycles. The first kappa shape index (κ1) is 17.3. The number of aliphatic hydroxyl groups is 1. The third-order valence-electron chi connectivity index (χ3n) is 3.31. The topological polar surface area (TPSA) is 91.3 Å². The number of aromatic nitrogens is 1. The first-order chi connectivity index (χ1) is 12.1. The van der Waals surface area contributed by atoms with Gasteiger partial charge in [0.15, 0.2) is 0 Å². The van der Waals surface area contributed by atoms with E-state index < -0.39 is 17.9 Å². The zero-order valence-corrected chi connectivity index (χ0v) is 14.6. The number of anilines is 1. The average molecular weight is 373 g/mol. The number of carbonyl (C=O) groups excluding carboxylic acids is 2. The Morgan fingerprint density at radius 2 is 2.00 bits per heavy atom. The standard InChI is InChI=1S/C17H15N3O3S2/c21-15(13-4-2-8-24-13)14-6-5-12(25-14)10-19-16(22)17(23)20-11-3-1-7-18-9-11/h1-9,15,21H,10H2,(H,19,22)(H,20,23). The molecule has 0 bridgehead atoms. The van der Waals surface area contributed by atoms with Crippen molar-refractivity contribution >= 4 is 40.2 Å². The van der Waals surface area contributed by atoms with Gasteiger partial charge in [-0.1, -0.05) is 6.07 Å². The second-order valence-corrected chi connectivity index (χ2v) is 7.28. The monoisotopic (exact) mass is 373 g/mol. The van der Waals surface area contributed by atoms with Crippen LogP contribution in [0.2, 0.25) is 0 Å². The van der Waals surface area contributed by atoms with E-state index in [2.05, 4.69) is 15.6 Å². The Morgan fingerprint density at radius 3 is 2.72 bits per heavy atom. The summed E-state index contributed by atoms with van der Waals surface area (Å²) in [5.41, 5.74) is 0.458. The van der Waals surface area contributed by atoms with Gasteiger partial charge in [0.25, 0.3) is 0 Å². The molecule has 3 heterocycles. The number of aliphatic hydroxyl groups excluding tert-OH is 1. The Balaban J connectivity index is 1.53. The molecule has 1 atom stereocenters. The number of carbonyl (C=O) groups is 2. The van der Waals surface area contributed by atoms with E-state index in [1.54, 1.807) is 18.3 Å². The molecule has 0 spiro atoms. The third kappa shape index (κ3) is 4.50. The number of nitrogens with one attached hydrogen (secondary N) is 2. The Hall–Kier alpha value is -2.55. The van der Waals surface area contributed by atoms with Crippen LogP contribution >= 0.6 is 22.7 Å². The molecule has 3 aromatic rings. The lowest BCUT2D eigenvalue weighted by Gasteiger charge is -2.06. The van der Waals surface area contributed by atoms with Gasteiger partial charge in [0.2, 0.25) is 0 Å². The molecule has 0 saturated carbocycles. The van der Waals surface area contributed by atoms with Gasteiger partial charge in [0, 0.05) is 20.8 Å². The number of amides is 2. The number of hydrogen-bond acceptors (Lipinski definition) is 6. The number of rotatable bonds is 5. The van der Waals surface area contributed by atoms with Gasteiger partial charge < -0.3 is 15.7 Å². The number of nitrogens with zero attached hydrogens (tertiary/aromatic N) is 1. The van der Waals surface area contributed by atoms with Crippen molar-refractivity contribution in [2.75, 3.05) is 5.32 Å². The minimum atomic E-state index is -0.747. The van der Waals surface area contributed by atoms with Gasteiger partial charge in [-0.25, -0.2) is 0 Å². The smallest absolute Gasteiger partial charge is 0.313 e. The van der Waals surface area contributed by atoms with E-state index in [9.17, 15) is 14.7 Å². The van der Waals surface area contributed by atoms with Crippen molar-refractivity contribution in [2.24, 2.45) is 0 Å². The summed E-state index contributed by atoms with van der Waals surface area (Å²) in [5.74, 6) is -1.47. The van der Waals surface area contributed by atoms with Gasteiger partial charge in [-0.05, 0) is 35.7 Å². The van der Waals surface area contributed by atoms with Crippen molar-refractivity contribution in [3.63, 3.8) is 0 Å². The Kier molecular flexibility index (Phi) is 5.54. The number of thiophene rings is 2. The highest BCUT2D eigenvalue weighted by atomic mass is 32.1. The first-order valence-electron chi connectivity index (χ1n) is 7.43. The molecule has 0 saturated heterocycles. The minimum Gasteiger partial charge on any atom is -0.382 e. The van der Waals surface area contributed by atoms with Crippen LogP contribution in [-0.2, 0) is 16.1 Å². The molecule has 0 aliphatic carbocycles. The summed E-state index contributed by atoms with van der Waals surface area (Å²) in [4.78, 5) is 30.1. The van der Waals surface area contributed by atoms with E-state index in [4.69, 9.17) is 0 Å². The van der Waals surface area contributed by atoms with Gasteiger partial charge in [-0.15, -0.1) is 22.7 Å². The van der Waals surface area contributed by atoms with Crippen LogP contribution in [0.4, 0.5) is 5.69 Å². The first-order valence-corrected chi connectivity index (χ1v) is 9.12. The van der Waals surface area contributed by atoms with Gasteiger partial charge in [-0.2, -0.15) is 0 Å². The fourth-order valence-electron chi connectivity index (χ4n) is 2.10. The molecule has 128 valence electrons. The lowest BCUT2D eigenvalue weighted by Crippen LogP contribution is -2.34. The summed E-state index contributed by atoms with van der Waals surface area (Å²) in [5, 5.41) is 17.2. The molecule has 2 amide bonds. The van der Waals surface area contributed by atoms with E-state index in [0.717, 1.165) is 14.6 Å². The Morgan fingerprint density at radius 1 is 1.12 bits per heavy atom. The average Bonchev–Trinajstić information content (AvgIpc) is 3.32. The van der Waals surface area contributed by atoms with Crippen LogP contribution in [-0.4, -0.2) is 21.9 Å². The highest BCUT2D eigenvalue weighted by molar-refractivity contribution is 7.12. The van der Waals surface area contributed by atoms with Crippen LogP contribution in [0.3, 0.4) is 0 Å². The zero-order chi connectivity index (χ0) is 17.6. The zero-order valence-electron chi connectivity index (χ0n) is 13.0. The molecule has 3 rings (SSSR count). The van der Waals surface area contributed by atoms with Crippen LogP contribution < -0.4 is 10.6 Å². The van der Waals surface area contributed by atoms with Crippen LogP contribution in [0.15, 0.2) is 54.2 Å². The van der Waals surface area contributed by atoms with E-state index in [1.807, 2.05) is 29.6 Å². The fourth-order valence-corrected chi connectivity index (χ4v) is 3.86. The molecule has 1 unspecified atom stereocenters. The van der Waals surface area contributed by atoms with Crippen molar-refractivity contribution in [2.45, 2.75) is 12.6 Å². The van der Waals surface area contributed by atoms with Gasteiger partial charge in [0.1, 0.15) is 6.10 Å². The maximum absolute atomic E-state index is 11.9. The van der Waals surface area contributed by atoms with E-state index in [0.29, 0.717) is 5.69 Å². The normalized spacial score (nSPS) is 11.7. The van der Waals surface area contributed by atoms with Gasteiger partial charge in [0.05, 0.1) is 18.4 Å². The molecule has 8 heteroatoms. The molecule has 3 aromatic heterocycles. The molecule has 6 nitrogen and oxygen atoms in total. The van der Waals surface area contributed by atoms with Gasteiger partial charge >= 0.3 is 11.8 Å². The molecule has 0 aliphatic rings. The molecule has 3 N–H and O–H groups in total. The van der Waals surface area contributed by atoms with Crippen molar-refractivity contribution in [3.8, 4) is 0 Å². The maximum Gasteiger partial charge on any atom is 0.313 e. The Labute approximate surface area is 152 Å². The quantitative estimate of drug-likeness (QED) is 0.600. The highest BCUT2D eigenvalue weighted by Gasteiger charge is 2.16. The van der Waals surface area contributed by atoms with Crippen molar-refractivity contribution in [1.82, 2.24) is 10.3 Å². The summed E-state index contributed by atoms with van der Waals surface area (Å²) in [6, 6.07) is 10.7. The summed E-state index contributed by atoms with van der Waals surface area (Å²) in [6.45, 7) is 0.223. The largest absolute Gasteiger partial charge is 0.382 e. The summed E-state index contributed by atoms with van der Waals surface area (Å²) < 4.78 is 0. The lowest BCUT2D eigenvalue weighted by atomic mass is 10.2. The van der Waals surface area contributed by atoms with E-state index in [1.165, 1.54) is 28.9 Å². The summed E-state index contributed by atoms with van der Waals surface area (Å²) in [6.07, 6.45) is 2.38. The van der Waals surface area contributed by atoms with E-state index in [-0.39, 0.29) is 6.54 Å². The second-order valence-electron chi connectivity index (χ2n) is 5.10. The minimum absolute atomic E-state index is 0.223. The van der Waals surface area contributed by atoms with Gasteiger partial charge in [-0.3, -0.25) is 14.6 Å². The van der Waals surface area contributed by atoms with Crippen LogP contribution in [0.5, 0.6) is 0 Å². The second kappa shape index (κ2) is 8.02. The van der Waals surface area contributed by atoms with Crippen molar-refractivity contribution < 1.29 is 14.7 Å². The molecule has 0 aromatic carbocycles. The van der Waals surface area contributed by atoms with Crippen molar-refractivity contribution in [3.05, 3.63) is 68.8 Å². The third-order valence-corrected chi connectivity index (χ3v) is 5.38. The van der Waals surface area contributed by atoms with Crippen molar-refractivity contribution in [1.29, 1.82) is 0 Å².